The fraction of sp³-hybridized carbons (Fsp3) is 0.292. The van der Waals surface area contributed by atoms with Crippen molar-refractivity contribution < 1.29 is 24.1 Å². The van der Waals surface area contributed by atoms with Gasteiger partial charge < -0.3 is 24.6 Å². The Kier molecular flexibility index (Phi) is 5.16. The lowest BCUT2D eigenvalue weighted by Gasteiger charge is -2.45. The number of carbonyl (C=O) groups is 1. The maximum absolute atomic E-state index is 12.8. The van der Waals surface area contributed by atoms with Crippen LogP contribution in [0.3, 0.4) is 0 Å². The number of methoxy groups -OCH3 is 1. The molecule has 4 rings (SSSR count). The number of amides is 1. The fourth-order valence-corrected chi connectivity index (χ4v) is 4.07. The number of aliphatic hydroxyl groups excluding tert-OH is 1. The van der Waals surface area contributed by atoms with E-state index in [9.17, 15) is 9.90 Å². The average Bonchev–Trinajstić information content (AvgIpc) is 2.72. The number of hydrogen-bond donors (Lipinski definition) is 2. The second-order valence-electron chi connectivity index (χ2n) is 7.56. The van der Waals surface area contributed by atoms with Crippen LogP contribution in [0.4, 0.5) is 0 Å². The highest BCUT2D eigenvalue weighted by molar-refractivity contribution is 5.98. The standard InChI is InChI=1S/C24H25NO5/c1-4-29-20-12-10-15(13-21(20)28-3)9-11-18(26)22-17-14-24(2,25-23(22)27)30-19-8-6-5-7-16(17)19/h5-13,17,26H,4,14H2,1-3H3,(H,25,27)/b11-9+,22-18-. The molecular formula is C24H25NO5. The molecule has 0 saturated carbocycles. The van der Waals surface area contributed by atoms with Gasteiger partial charge in [-0.25, -0.2) is 0 Å². The van der Waals surface area contributed by atoms with Crippen molar-refractivity contribution in [1.29, 1.82) is 0 Å². The van der Waals surface area contributed by atoms with E-state index in [0.29, 0.717) is 30.1 Å². The number of para-hydroxylation sites is 1. The summed E-state index contributed by atoms with van der Waals surface area (Å²) in [6.07, 6.45) is 3.84. The number of ether oxygens (including phenoxy) is 3. The van der Waals surface area contributed by atoms with Crippen molar-refractivity contribution in [1.82, 2.24) is 5.32 Å². The molecule has 6 nitrogen and oxygen atoms in total. The second kappa shape index (κ2) is 7.78. The Labute approximate surface area is 175 Å². The van der Waals surface area contributed by atoms with Crippen LogP contribution in [0.5, 0.6) is 17.2 Å². The molecule has 2 N–H and O–H groups in total. The van der Waals surface area contributed by atoms with E-state index in [1.165, 1.54) is 0 Å². The molecule has 2 bridgehead atoms. The maximum Gasteiger partial charge on any atom is 0.254 e. The topological polar surface area (TPSA) is 77.0 Å². The molecule has 6 heteroatoms. The summed E-state index contributed by atoms with van der Waals surface area (Å²) >= 11 is 0. The summed E-state index contributed by atoms with van der Waals surface area (Å²) in [5.41, 5.74) is 1.28. The number of benzene rings is 2. The van der Waals surface area contributed by atoms with Crippen LogP contribution in [0.2, 0.25) is 0 Å². The van der Waals surface area contributed by atoms with E-state index < -0.39 is 5.72 Å². The summed E-state index contributed by atoms with van der Waals surface area (Å²) in [4.78, 5) is 12.8. The number of piperidine rings is 1. The molecule has 2 unspecified atom stereocenters. The van der Waals surface area contributed by atoms with E-state index in [1.54, 1.807) is 19.3 Å². The van der Waals surface area contributed by atoms with E-state index in [1.807, 2.05) is 56.3 Å². The molecule has 30 heavy (non-hydrogen) atoms. The Morgan fingerprint density at radius 2 is 2.10 bits per heavy atom. The molecule has 2 aliphatic rings. The number of hydrogen-bond acceptors (Lipinski definition) is 5. The summed E-state index contributed by atoms with van der Waals surface area (Å²) < 4.78 is 16.9. The molecule has 0 spiro atoms. The third kappa shape index (κ3) is 3.61. The van der Waals surface area contributed by atoms with Gasteiger partial charge in [0.25, 0.3) is 5.91 Å². The highest BCUT2D eigenvalue weighted by atomic mass is 16.5. The van der Waals surface area contributed by atoms with E-state index in [0.717, 1.165) is 16.9 Å². The minimum atomic E-state index is -0.786. The zero-order valence-corrected chi connectivity index (χ0v) is 17.3. The van der Waals surface area contributed by atoms with Gasteiger partial charge in [-0.3, -0.25) is 4.79 Å². The molecule has 2 heterocycles. The molecule has 0 aliphatic carbocycles. The van der Waals surface area contributed by atoms with Crippen LogP contribution >= 0.6 is 0 Å². The first-order chi connectivity index (χ1) is 14.4. The van der Waals surface area contributed by atoms with Crippen molar-refractivity contribution in [3.05, 3.63) is 71.0 Å². The van der Waals surface area contributed by atoms with Gasteiger partial charge in [-0.1, -0.05) is 30.3 Å². The zero-order valence-electron chi connectivity index (χ0n) is 17.3. The third-order valence-electron chi connectivity index (χ3n) is 5.39. The van der Waals surface area contributed by atoms with Crippen molar-refractivity contribution in [2.75, 3.05) is 13.7 Å². The summed E-state index contributed by atoms with van der Waals surface area (Å²) in [6, 6.07) is 13.1. The number of nitrogens with one attached hydrogen (secondary N) is 1. The largest absolute Gasteiger partial charge is 0.507 e. The summed E-state index contributed by atoms with van der Waals surface area (Å²) in [5, 5.41) is 13.7. The number of aliphatic hydroxyl groups is 1. The number of allylic oxidation sites excluding steroid dienone is 1. The fourth-order valence-electron chi connectivity index (χ4n) is 4.07. The molecule has 156 valence electrons. The van der Waals surface area contributed by atoms with Crippen LogP contribution in [-0.2, 0) is 4.79 Å². The number of fused-ring (bicyclic) bond motifs is 4. The molecular weight excluding hydrogens is 382 g/mol. The zero-order chi connectivity index (χ0) is 21.3. The van der Waals surface area contributed by atoms with Gasteiger partial charge in [0.1, 0.15) is 11.5 Å². The summed E-state index contributed by atoms with van der Waals surface area (Å²) in [7, 11) is 1.58. The average molecular weight is 407 g/mol. The van der Waals surface area contributed by atoms with Crippen LogP contribution in [-0.4, -0.2) is 30.5 Å². The monoisotopic (exact) mass is 407 g/mol. The molecule has 1 amide bonds. The number of rotatable bonds is 5. The van der Waals surface area contributed by atoms with Gasteiger partial charge in [0.05, 0.1) is 19.3 Å². The van der Waals surface area contributed by atoms with Gasteiger partial charge in [-0.15, -0.1) is 0 Å². The van der Waals surface area contributed by atoms with Crippen molar-refractivity contribution >= 4 is 12.0 Å². The Hall–Kier alpha value is -3.41. The summed E-state index contributed by atoms with van der Waals surface area (Å²) in [6.45, 7) is 4.30. The first-order valence-electron chi connectivity index (χ1n) is 9.96. The summed E-state index contributed by atoms with van der Waals surface area (Å²) in [5.74, 6) is 1.36. The van der Waals surface area contributed by atoms with Gasteiger partial charge in [0, 0.05) is 17.9 Å². The Balaban J connectivity index is 1.68. The lowest BCUT2D eigenvalue weighted by atomic mass is 9.78. The quantitative estimate of drug-likeness (QED) is 0.570. The van der Waals surface area contributed by atoms with Crippen LogP contribution in [0.25, 0.3) is 6.08 Å². The van der Waals surface area contributed by atoms with E-state index in [2.05, 4.69) is 5.32 Å². The van der Waals surface area contributed by atoms with Gasteiger partial charge in [-0.05, 0) is 43.7 Å². The lowest BCUT2D eigenvalue weighted by Crippen LogP contribution is -2.58. The lowest BCUT2D eigenvalue weighted by molar-refractivity contribution is -0.127. The molecule has 2 aromatic carbocycles. The normalized spacial score (nSPS) is 24.0. The van der Waals surface area contributed by atoms with Crippen LogP contribution in [0.1, 0.15) is 37.3 Å². The molecule has 2 atom stereocenters. The van der Waals surface area contributed by atoms with Gasteiger partial charge >= 0.3 is 0 Å². The van der Waals surface area contributed by atoms with E-state index in [-0.39, 0.29) is 17.6 Å². The first kappa shape index (κ1) is 19.9. The molecule has 1 fully saturated rings. The van der Waals surface area contributed by atoms with Crippen LogP contribution in [0.15, 0.2) is 59.9 Å². The highest BCUT2D eigenvalue weighted by Gasteiger charge is 2.47. The first-order valence-corrected chi connectivity index (χ1v) is 9.96. The molecule has 2 aliphatic heterocycles. The van der Waals surface area contributed by atoms with Crippen LogP contribution in [0, 0.1) is 0 Å². The Morgan fingerprint density at radius 3 is 2.87 bits per heavy atom. The Morgan fingerprint density at radius 1 is 1.30 bits per heavy atom. The predicted octanol–water partition coefficient (Wildman–Crippen LogP) is 4.33. The van der Waals surface area contributed by atoms with Crippen LogP contribution < -0.4 is 19.5 Å². The molecule has 0 aromatic heterocycles. The molecule has 2 aromatic rings. The highest BCUT2D eigenvalue weighted by Crippen LogP contribution is 2.47. The van der Waals surface area contributed by atoms with Crippen molar-refractivity contribution in [3.63, 3.8) is 0 Å². The van der Waals surface area contributed by atoms with E-state index >= 15 is 0 Å². The maximum atomic E-state index is 12.8. The van der Waals surface area contributed by atoms with E-state index in [4.69, 9.17) is 14.2 Å². The SMILES string of the molecule is CCOc1ccc(/C=C/C(O)=C2/C(=O)NC3(C)CC2c2ccccc2O3)cc1OC. The second-order valence-corrected chi connectivity index (χ2v) is 7.56. The predicted molar refractivity (Wildman–Crippen MR) is 114 cm³/mol. The minimum Gasteiger partial charge on any atom is -0.507 e. The minimum absolute atomic E-state index is 0.0656. The third-order valence-corrected chi connectivity index (χ3v) is 5.39. The smallest absolute Gasteiger partial charge is 0.254 e. The van der Waals surface area contributed by atoms with Gasteiger partial charge in [0.15, 0.2) is 17.2 Å². The van der Waals surface area contributed by atoms with Crippen molar-refractivity contribution in [3.8, 4) is 17.2 Å². The van der Waals surface area contributed by atoms with Crippen molar-refractivity contribution in [2.24, 2.45) is 0 Å². The van der Waals surface area contributed by atoms with Gasteiger partial charge in [0.2, 0.25) is 0 Å². The van der Waals surface area contributed by atoms with Gasteiger partial charge in [-0.2, -0.15) is 0 Å². The van der Waals surface area contributed by atoms with Crippen molar-refractivity contribution in [2.45, 2.75) is 31.9 Å². The number of carbonyl (C=O) groups excluding carboxylic acids is 1. The molecule has 0 radical (unpaired) electrons. The molecule has 1 saturated heterocycles. The Bertz CT molecular complexity index is 1040.